The van der Waals surface area contributed by atoms with Gasteiger partial charge in [-0.25, -0.2) is 4.98 Å². The topological polar surface area (TPSA) is 129 Å². The van der Waals surface area contributed by atoms with E-state index >= 15 is 0 Å². The van der Waals surface area contributed by atoms with Crippen LogP contribution in [0.2, 0.25) is 0 Å². The molecule has 5 aliphatic carbocycles. The van der Waals surface area contributed by atoms with Gasteiger partial charge in [-0.2, -0.15) is 10.2 Å². The number of likely N-dealkylation sites (tertiary alicyclic amines) is 1. The van der Waals surface area contributed by atoms with E-state index in [0.29, 0.717) is 54.6 Å². The third kappa shape index (κ3) is 5.94. The molecule has 8 rings (SSSR count). The number of aliphatic hydroxyl groups is 1. The van der Waals surface area contributed by atoms with Gasteiger partial charge in [-0.15, -0.1) is 0 Å². The Morgan fingerprint density at radius 2 is 1.81 bits per heavy atom. The van der Waals surface area contributed by atoms with Crippen LogP contribution in [-0.4, -0.2) is 68.9 Å². The first-order valence-corrected chi connectivity index (χ1v) is 16.7. The SMILES string of the molecule is N#Cc1cnc(NCc2ccccc2O)nc1NC[C@]12CC3C[C@H](C1)[C@@H](NC1CCC(N4CCC[C@H]4CO)CC1)[C@@H](C3)C2. The summed E-state index contributed by atoms with van der Waals surface area (Å²) in [7, 11) is 0. The number of hydrogen-bond donors (Lipinski definition) is 5. The highest BCUT2D eigenvalue weighted by Gasteiger charge is 2.55. The lowest BCUT2D eigenvalue weighted by Crippen LogP contribution is -2.61. The number of nitrogens with zero attached hydrogens (tertiary/aromatic N) is 4. The molecule has 6 aliphatic rings. The van der Waals surface area contributed by atoms with Crippen LogP contribution in [0, 0.1) is 34.5 Å². The second kappa shape index (κ2) is 12.2. The summed E-state index contributed by atoms with van der Waals surface area (Å²) in [4.78, 5) is 11.6. The van der Waals surface area contributed by atoms with E-state index in [-0.39, 0.29) is 11.2 Å². The predicted octanol–water partition coefficient (Wildman–Crippen LogP) is 4.63. The van der Waals surface area contributed by atoms with E-state index in [1.54, 1.807) is 18.3 Å². The molecular weight excluding hydrogens is 538 g/mol. The van der Waals surface area contributed by atoms with E-state index in [1.807, 2.05) is 12.1 Å². The maximum Gasteiger partial charge on any atom is 0.224 e. The van der Waals surface area contributed by atoms with Crippen LogP contribution >= 0.6 is 0 Å². The average molecular weight is 586 g/mol. The van der Waals surface area contributed by atoms with Crippen LogP contribution in [0.4, 0.5) is 11.8 Å². The van der Waals surface area contributed by atoms with Crippen LogP contribution in [0.5, 0.6) is 5.75 Å². The molecule has 9 nitrogen and oxygen atoms in total. The summed E-state index contributed by atoms with van der Waals surface area (Å²) < 4.78 is 0. The molecule has 1 unspecified atom stereocenters. The molecule has 1 aliphatic heterocycles. The molecule has 0 spiro atoms. The van der Waals surface area contributed by atoms with Crippen molar-refractivity contribution in [1.82, 2.24) is 20.2 Å². The zero-order valence-electron chi connectivity index (χ0n) is 25.2. The first-order chi connectivity index (χ1) is 21.0. The number of aromatic nitrogens is 2. The molecule has 0 radical (unpaired) electrons. The maximum absolute atomic E-state index is 10.1. The zero-order chi connectivity index (χ0) is 29.4. The fourth-order valence-corrected chi connectivity index (χ4v) is 9.85. The molecule has 43 heavy (non-hydrogen) atoms. The smallest absolute Gasteiger partial charge is 0.224 e. The number of rotatable bonds is 10. The number of phenols is 1. The average Bonchev–Trinajstić information content (AvgIpc) is 3.51. The van der Waals surface area contributed by atoms with Crippen molar-refractivity contribution >= 4 is 11.8 Å². The number of aliphatic hydroxyl groups excluding tert-OH is 1. The molecule has 2 heterocycles. The van der Waals surface area contributed by atoms with Crippen molar-refractivity contribution in [3.8, 4) is 11.8 Å². The molecule has 5 N–H and O–H groups in total. The number of nitriles is 1. The van der Waals surface area contributed by atoms with Crippen LogP contribution in [0.25, 0.3) is 0 Å². The number of hydrogen-bond acceptors (Lipinski definition) is 9. The first-order valence-electron chi connectivity index (χ1n) is 16.7. The molecule has 230 valence electrons. The van der Waals surface area contributed by atoms with Gasteiger partial charge >= 0.3 is 0 Å². The second-order valence-electron chi connectivity index (χ2n) is 14.3. The highest BCUT2D eigenvalue weighted by Crippen LogP contribution is 2.60. The number of para-hydroxylation sites is 1. The fraction of sp³-hybridized carbons (Fsp3) is 0.676. The van der Waals surface area contributed by atoms with Crippen molar-refractivity contribution in [3.05, 3.63) is 41.6 Å². The third-order valence-corrected chi connectivity index (χ3v) is 11.6. The number of nitrogens with one attached hydrogen (secondary N) is 3. The standard InChI is InChI=1S/C34H47N7O2/c35-17-26-19-37-33(36-18-23-4-1-2-6-30(23)43)40-32(26)38-21-34-14-22-12-24(15-34)31(25(13-22)16-34)39-27-7-9-28(10-8-27)41-11-3-5-29(41)20-42/h1-2,4,6,19,22,24-25,27-29,31,39,42-43H,3,5,7-16,18,20-21H2,(H2,36,37,38,40)/t22?,24-,25+,27?,28?,29-,31-,34-/m0/s1. The van der Waals surface area contributed by atoms with Crippen LogP contribution in [-0.2, 0) is 6.54 Å². The van der Waals surface area contributed by atoms with Crippen LogP contribution < -0.4 is 16.0 Å². The lowest BCUT2D eigenvalue weighted by molar-refractivity contribution is -0.0735. The molecule has 9 heteroatoms. The van der Waals surface area contributed by atoms with Crippen LogP contribution in [0.15, 0.2) is 30.5 Å². The summed E-state index contributed by atoms with van der Waals surface area (Å²) in [5.41, 5.74) is 1.51. The summed E-state index contributed by atoms with van der Waals surface area (Å²) in [5.74, 6) is 3.57. The minimum atomic E-state index is 0.238. The van der Waals surface area contributed by atoms with E-state index in [0.717, 1.165) is 36.3 Å². The molecule has 1 aromatic heterocycles. The molecule has 6 fully saturated rings. The summed E-state index contributed by atoms with van der Waals surface area (Å²) in [5, 5.41) is 40.7. The van der Waals surface area contributed by atoms with Gasteiger partial charge in [-0.1, -0.05) is 18.2 Å². The number of benzene rings is 1. The Kier molecular flexibility index (Phi) is 8.19. The monoisotopic (exact) mass is 585 g/mol. The van der Waals surface area contributed by atoms with E-state index < -0.39 is 0 Å². The lowest BCUT2D eigenvalue weighted by Gasteiger charge is -2.61. The van der Waals surface area contributed by atoms with Crippen molar-refractivity contribution in [2.75, 3.05) is 30.3 Å². The highest BCUT2D eigenvalue weighted by molar-refractivity contribution is 5.53. The normalized spacial score (nSPS) is 35.1. The van der Waals surface area contributed by atoms with Crippen LogP contribution in [0.3, 0.4) is 0 Å². The zero-order valence-corrected chi connectivity index (χ0v) is 25.2. The predicted molar refractivity (Wildman–Crippen MR) is 166 cm³/mol. The van der Waals surface area contributed by atoms with Crippen molar-refractivity contribution in [2.24, 2.45) is 23.2 Å². The number of phenolic OH excluding ortho intramolecular Hbond substituents is 1. The molecule has 2 aromatic rings. The summed E-state index contributed by atoms with van der Waals surface area (Å²) in [6.45, 7) is 2.73. The van der Waals surface area contributed by atoms with Gasteiger partial charge in [0.2, 0.25) is 5.95 Å². The van der Waals surface area contributed by atoms with Gasteiger partial charge in [0.25, 0.3) is 0 Å². The quantitative estimate of drug-likeness (QED) is 0.271. The number of aromatic hydroxyl groups is 1. The van der Waals surface area contributed by atoms with E-state index in [4.69, 9.17) is 0 Å². The van der Waals surface area contributed by atoms with Gasteiger partial charge in [-0.3, -0.25) is 4.90 Å². The van der Waals surface area contributed by atoms with Crippen molar-refractivity contribution in [2.45, 2.75) is 101 Å². The molecular formula is C34H47N7O2. The lowest BCUT2D eigenvalue weighted by atomic mass is 9.47. The number of anilines is 2. The highest BCUT2D eigenvalue weighted by atomic mass is 16.3. The molecule has 4 bridgehead atoms. The fourth-order valence-electron chi connectivity index (χ4n) is 9.85. The second-order valence-corrected chi connectivity index (χ2v) is 14.3. The first kappa shape index (κ1) is 28.8. The summed E-state index contributed by atoms with van der Waals surface area (Å²) in [6, 6.07) is 11.8. The third-order valence-electron chi connectivity index (χ3n) is 11.6. The minimum absolute atomic E-state index is 0.238. The summed E-state index contributed by atoms with van der Waals surface area (Å²) >= 11 is 0. The molecule has 6 atom stereocenters. The van der Waals surface area contributed by atoms with Gasteiger partial charge in [0.1, 0.15) is 23.2 Å². The Bertz CT molecular complexity index is 1310. The molecule has 1 aromatic carbocycles. The largest absolute Gasteiger partial charge is 0.508 e. The van der Waals surface area contributed by atoms with E-state index in [9.17, 15) is 15.5 Å². The molecule has 5 saturated carbocycles. The van der Waals surface area contributed by atoms with Gasteiger partial charge < -0.3 is 26.2 Å². The van der Waals surface area contributed by atoms with Gasteiger partial charge in [0.15, 0.2) is 0 Å². The minimum Gasteiger partial charge on any atom is -0.508 e. The molecule has 1 saturated heterocycles. The Morgan fingerprint density at radius 3 is 2.56 bits per heavy atom. The Morgan fingerprint density at radius 1 is 1.02 bits per heavy atom. The van der Waals surface area contributed by atoms with Crippen molar-refractivity contribution in [3.63, 3.8) is 0 Å². The van der Waals surface area contributed by atoms with Crippen molar-refractivity contribution in [1.29, 1.82) is 5.26 Å². The molecule has 0 amide bonds. The van der Waals surface area contributed by atoms with Gasteiger partial charge in [0, 0.05) is 42.8 Å². The van der Waals surface area contributed by atoms with E-state index in [2.05, 4.69) is 36.9 Å². The Labute approximate surface area is 255 Å². The van der Waals surface area contributed by atoms with E-state index in [1.165, 1.54) is 70.8 Å². The van der Waals surface area contributed by atoms with Gasteiger partial charge in [-0.05, 0) is 106 Å². The van der Waals surface area contributed by atoms with Crippen LogP contribution in [0.1, 0.15) is 81.8 Å². The van der Waals surface area contributed by atoms with Gasteiger partial charge in [0.05, 0.1) is 12.8 Å². The Hall–Kier alpha value is -2.93. The Balaban J connectivity index is 0.955. The maximum atomic E-state index is 10.1. The summed E-state index contributed by atoms with van der Waals surface area (Å²) in [6.07, 6.45) is 15.5. The van der Waals surface area contributed by atoms with Crippen molar-refractivity contribution < 1.29 is 10.2 Å².